The SMILES string of the molecule is COc1ccccc1CC(=O)N1CCC([C@]2(c3ccccn3)NC(=O)N(C[C@H]3CCCO3)C2=O)CC1. The van der Waals surface area contributed by atoms with E-state index in [1.165, 1.54) is 4.90 Å². The number of imide groups is 1. The molecule has 3 aliphatic heterocycles. The van der Waals surface area contributed by atoms with Crippen molar-refractivity contribution in [2.24, 2.45) is 5.92 Å². The number of ether oxygens (including phenoxy) is 2. The zero-order valence-corrected chi connectivity index (χ0v) is 20.5. The summed E-state index contributed by atoms with van der Waals surface area (Å²) >= 11 is 0. The molecule has 3 saturated heterocycles. The van der Waals surface area contributed by atoms with Crippen LogP contribution < -0.4 is 10.1 Å². The van der Waals surface area contributed by atoms with Crippen LogP contribution in [0.15, 0.2) is 48.7 Å². The Kier molecular flexibility index (Phi) is 6.91. The molecule has 4 heterocycles. The summed E-state index contributed by atoms with van der Waals surface area (Å²) < 4.78 is 11.1. The second-order valence-electron chi connectivity index (χ2n) is 9.65. The Morgan fingerprint density at radius 2 is 1.92 bits per heavy atom. The molecule has 36 heavy (non-hydrogen) atoms. The molecule has 2 atom stereocenters. The Morgan fingerprint density at radius 3 is 2.61 bits per heavy atom. The van der Waals surface area contributed by atoms with Crippen LogP contribution >= 0.6 is 0 Å². The number of pyridine rings is 1. The second-order valence-corrected chi connectivity index (χ2v) is 9.65. The Balaban J connectivity index is 1.33. The van der Waals surface area contributed by atoms with E-state index in [0.717, 1.165) is 18.4 Å². The van der Waals surface area contributed by atoms with E-state index in [9.17, 15) is 14.4 Å². The number of aromatic nitrogens is 1. The van der Waals surface area contributed by atoms with Crippen molar-refractivity contribution in [1.82, 2.24) is 20.1 Å². The standard InChI is InChI=1S/C27H32N4O5/c1-35-22-9-3-2-7-19(22)17-24(32)30-14-11-20(12-15-30)27(23-10-4-5-13-28-23)25(33)31(26(34)29-27)18-21-8-6-16-36-21/h2-5,7,9-10,13,20-21H,6,8,11-12,14-18H2,1H3,(H,29,34)/t21-,27-/m1/s1. The smallest absolute Gasteiger partial charge is 0.325 e. The number of amides is 4. The number of likely N-dealkylation sites (tertiary alicyclic amines) is 1. The van der Waals surface area contributed by atoms with Crippen molar-refractivity contribution in [3.63, 3.8) is 0 Å². The van der Waals surface area contributed by atoms with E-state index in [2.05, 4.69) is 10.3 Å². The van der Waals surface area contributed by atoms with Crippen LogP contribution in [0.2, 0.25) is 0 Å². The predicted octanol–water partition coefficient (Wildman–Crippen LogP) is 2.50. The highest BCUT2D eigenvalue weighted by molar-refractivity contribution is 6.07. The van der Waals surface area contributed by atoms with Crippen LogP contribution in [0.4, 0.5) is 4.79 Å². The molecule has 0 saturated carbocycles. The number of rotatable bonds is 7. The normalized spacial score (nSPS) is 24.8. The first-order chi connectivity index (χ1) is 17.5. The molecule has 190 valence electrons. The summed E-state index contributed by atoms with van der Waals surface area (Å²) in [7, 11) is 1.60. The number of methoxy groups -OCH3 is 1. The van der Waals surface area contributed by atoms with Gasteiger partial charge in [0, 0.05) is 37.4 Å². The molecule has 0 bridgehead atoms. The van der Waals surface area contributed by atoms with Crippen molar-refractivity contribution in [3.05, 3.63) is 59.9 Å². The molecule has 3 aliphatic rings. The highest BCUT2D eigenvalue weighted by Gasteiger charge is 2.58. The van der Waals surface area contributed by atoms with Gasteiger partial charge in [0.25, 0.3) is 5.91 Å². The van der Waals surface area contributed by atoms with Crippen molar-refractivity contribution in [2.45, 2.75) is 43.7 Å². The molecule has 0 aliphatic carbocycles. The number of carbonyl (C=O) groups is 3. The summed E-state index contributed by atoms with van der Waals surface area (Å²) in [5.74, 6) is 0.251. The average Bonchev–Trinajstić information content (AvgIpc) is 3.52. The summed E-state index contributed by atoms with van der Waals surface area (Å²) in [6, 6.07) is 12.5. The number of hydrogen-bond donors (Lipinski definition) is 1. The van der Waals surface area contributed by atoms with Crippen molar-refractivity contribution in [1.29, 1.82) is 0 Å². The third-order valence-corrected chi connectivity index (χ3v) is 7.61. The van der Waals surface area contributed by atoms with Crippen LogP contribution in [0.25, 0.3) is 0 Å². The van der Waals surface area contributed by atoms with E-state index in [1.54, 1.807) is 25.4 Å². The second kappa shape index (κ2) is 10.3. The van der Waals surface area contributed by atoms with E-state index >= 15 is 0 Å². The molecule has 2 aromatic rings. The van der Waals surface area contributed by atoms with Gasteiger partial charge in [-0.05, 0) is 43.9 Å². The molecule has 3 fully saturated rings. The average molecular weight is 493 g/mol. The summed E-state index contributed by atoms with van der Waals surface area (Å²) in [6.45, 7) is 1.90. The topological polar surface area (TPSA) is 101 Å². The monoisotopic (exact) mass is 492 g/mol. The Bertz CT molecular complexity index is 1110. The molecule has 9 nitrogen and oxygen atoms in total. The van der Waals surface area contributed by atoms with Gasteiger partial charge in [-0.2, -0.15) is 0 Å². The first-order valence-electron chi connectivity index (χ1n) is 12.6. The Labute approximate surface area is 210 Å². The van der Waals surface area contributed by atoms with E-state index in [1.807, 2.05) is 35.2 Å². The van der Waals surface area contributed by atoms with Crippen LogP contribution in [0.1, 0.15) is 36.9 Å². The zero-order valence-electron chi connectivity index (χ0n) is 20.5. The highest BCUT2D eigenvalue weighted by atomic mass is 16.5. The third-order valence-electron chi connectivity index (χ3n) is 7.61. The summed E-state index contributed by atoms with van der Waals surface area (Å²) in [5, 5.41) is 3.03. The van der Waals surface area contributed by atoms with Crippen LogP contribution in [-0.4, -0.2) is 72.1 Å². The lowest BCUT2D eigenvalue weighted by Gasteiger charge is -2.40. The predicted molar refractivity (Wildman–Crippen MR) is 131 cm³/mol. The zero-order chi connectivity index (χ0) is 25.1. The van der Waals surface area contributed by atoms with Crippen molar-refractivity contribution in [2.75, 3.05) is 33.4 Å². The fraction of sp³-hybridized carbons (Fsp3) is 0.481. The van der Waals surface area contributed by atoms with Gasteiger partial charge in [-0.1, -0.05) is 24.3 Å². The molecule has 0 spiro atoms. The highest BCUT2D eigenvalue weighted by Crippen LogP contribution is 2.41. The van der Waals surface area contributed by atoms with Crippen LogP contribution in [0.3, 0.4) is 0 Å². The maximum Gasteiger partial charge on any atom is 0.325 e. The van der Waals surface area contributed by atoms with Gasteiger partial charge < -0.3 is 19.7 Å². The maximum absolute atomic E-state index is 13.9. The molecule has 0 radical (unpaired) electrons. The van der Waals surface area contributed by atoms with Gasteiger partial charge in [-0.3, -0.25) is 19.5 Å². The number of benzene rings is 1. The fourth-order valence-corrected chi connectivity index (χ4v) is 5.69. The van der Waals surface area contributed by atoms with Crippen molar-refractivity contribution in [3.8, 4) is 5.75 Å². The molecule has 4 amide bonds. The molecule has 1 aromatic heterocycles. The molecule has 1 aromatic carbocycles. The summed E-state index contributed by atoms with van der Waals surface area (Å²) in [4.78, 5) is 47.7. The van der Waals surface area contributed by atoms with Gasteiger partial charge in [0.2, 0.25) is 5.91 Å². The summed E-state index contributed by atoms with van der Waals surface area (Å²) in [5.41, 5.74) is 0.145. The Morgan fingerprint density at radius 1 is 1.14 bits per heavy atom. The van der Waals surface area contributed by atoms with Crippen LogP contribution in [-0.2, 0) is 26.3 Å². The number of piperidine rings is 1. The van der Waals surface area contributed by atoms with Gasteiger partial charge >= 0.3 is 6.03 Å². The lowest BCUT2D eigenvalue weighted by atomic mass is 9.75. The fourth-order valence-electron chi connectivity index (χ4n) is 5.69. The third kappa shape index (κ3) is 4.43. The van der Waals surface area contributed by atoms with Gasteiger partial charge in [-0.15, -0.1) is 0 Å². The quantitative estimate of drug-likeness (QED) is 0.596. The Hall–Kier alpha value is -3.46. The van der Waals surface area contributed by atoms with E-state index < -0.39 is 11.6 Å². The van der Waals surface area contributed by atoms with Crippen LogP contribution in [0, 0.1) is 5.92 Å². The van der Waals surface area contributed by atoms with Gasteiger partial charge in [-0.25, -0.2) is 4.79 Å². The van der Waals surface area contributed by atoms with Gasteiger partial charge in [0.15, 0.2) is 5.54 Å². The van der Waals surface area contributed by atoms with E-state index in [0.29, 0.717) is 44.0 Å². The molecular weight excluding hydrogens is 460 g/mol. The minimum atomic E-state index is -1.24. The first-order valence-corrected chi connectivity index (χ1v) is 12.6. The maximum atomic E-state index is 13.9. The number of nitrogens with one attached hydrogen (secondary N) is 1. The minimum absolute atomic E-state index is 0.0200. The number of urea groups is 1. The minimum Gasteiger partial charge on any atom is -0.496 e. The molecular formula is C27H32N4O5. The van der Waals surface area contributed by atoms with Gasteiger partial charge in [0.1, 0.15) is 5.75 Å². The number of hydrogen-bond acceptors (Lipinski definition) is 6. The van der Waals surface area contributed by atoms with E-state index in [4.69, 9.17) is 9.47 Å². The lowest BCUT2D eigenvalue weighted by molar-refractivity contribution is -0.137. The van der Waals surface area contributed by atoms with Crippen LogP contribution in [0.5, 0.6) is 5.75 Å². The molecule has 9 heteroatoms. The lowest BCUT2D eigenvalue weighted by Crippen LogP contribution is -2.55. The largest absolute Gasteiger partial charge is 0.496 e. The van der Waals surface area contributed by atoms with Crippen molar-refractivity contribution >= 4 is 17.8 Å². The first kappa shape index (κ1) is 24.2. The number of para-hydroxylation sites is 1. The summed E-state index contributed by atoms with van der Waals surface area (Å²) in [6.07, 6.45) is 4.69. The number of nitrogens with zero attached hydrogens (tertiary/aromatic N) is 3. The van der Waals surface area contributed by atoms with Gasteiger partial charge in [0.05, 0.1) is 31.9 Å². The molecule has 1 N–H and O–H groups in total. The molecule has 0 unspecified atom stereocenters. The van der Waals surface area contributed by atoms with Crippen molar-refractivity contribution < 1.29 is 23.9 Å². The van der Waals surface area contributed by atoms with E-state index in [-0.39, 0.29) is 36.8 Å². The molecule has 5 rings (SSSR count). The number of carbonyl (C=O) groups excluding carboxylic acids is 3.